The monoisotopic (exact) mass is 729 g/mol. The fourth-order valence-corrected chi connectivity index (χ4v) is 7.06. The van der Waals surface area contributed by atoms with Crippen LogP contribution in [0.1, 0.15) is 98.3 Å². The molecule has 3 N–H and O–H groups in total. The van der Waals surface area contributed by atoms with Crippen LogP contribution in [0.25, 0.3) is 21.6 Å². The van der Waals surface area contributed by atoms with Gasteiger partial charge in [-0.25, -0.2) is 20.0 Å². The molecule has 2 aromatic heterocycles. The van der Waals surface area contributed by atoms with Crippen LogP contribution in [0, 0.1) is 0 Å². The van der Waals surface area contributed by atoms with Gasteiger partial charge in [0.2, 0.25) is 0 Å². The summed E-state index contributed by atoms with van der Waals surface area (Å²) in [5.74, 6) is -0.0664. The van der Waals surface area contributed by atoms with Crippen molar-refractivity contribution in [2.24, 2.45) is 5.11 Å². The summed E-state index contributed by atoms with van der Waals surface area (Å²) < 4.78 is 38.9. The molecule has 0 saturated heterocycles. The maximum atomic E-state index is 14.2. The molecule has 0 aliphatic rings. The standard InChI is InChI=1S/C34H52N9O7P/c1-5-14-25(2)48-34(45)27(4)41-51(46,24-47-26(3)21-43-23-39-31-32(35)37-22-38-33(31)43)50-29-18-16-28(17-19-29)49-30(44)15-12-10-8-6-7-9-11-13-20-40-42-36/h16-19,22-23,25-27H,5-15,20-21,24H2,1-4H3,(H,41,46)(H2,35,37,38)/t25-,26+,27-,51?/m0/s1. The van der Waals surface area contributed by atoms with Crippen molar-refractivity contribution in [3.63, 3.8) is 0 Å². The van der Waals surface area contributed by atoms with E-state index in [0.29, 0.717) is 42.8 Å². The quantitative estimate of drug-likeness (QED) is 0.0165. The zero-order chi connectivity index (χ0) is 37.1. The van der Waals surface area contributed by atoms with E-state index in [-0.39, 0.29) is 30.0 Å². The Kier molecular flexibility index (Phi) is 17.7. The van der Waals surface area contributed by atoms with E-state index < -0.39 is 25.6 Å². The number of ether oxygens (including phenoxy) is 3. The molecular formula is C34H52N9O7P. The number of benzene rings is 1. The molecule has 2 heterocycles. The van der Waals surface area contributed by atoms with Crippen LogP contribution >= 0.6 is 7.52 Å². The number of nitrogens with one attached hydrogen (secondary N) is 1. The zero-order valence-corrected chi connectivity index (χ0v) is 31.0. The molecule has 0 aliphatic carbocycles. The average molecular weight is 730 g/mol. The summed E-state index contributed by atoms with van der Waals surface area (Å²) in [6.45, 7) is 8.03. The number of nitrogens with zero attached hydrogens (tertiary/aromatic N) is 7. The van der Waals surface area contributed by atoms with Crippen LogP contribution in [0.4, 0.5) is 5.82 Å². The second-order valence-corrected chi connectivity index (χ2v) is 14.6. The Bertz CT molecular complexity index is 1620. The van der Waals surface area contributed by atoms with Crippen molar-refractivity contribution < 1.29 is 32.9 Å². The molecule has 17 heteroatoms. The van der Waals surface area contributed by atoms with Gasteiger partial charge in [0, 0.05) is 17.9 Å². The lowest BCUT2D eigenvalue weighted by molar-refractivity contribution is -0.150. The SMILES string of the molecule is CCC[C@H](C)OC(=O)[C@H](C)NP(=O)(CO[C@H](C)Cn1cnc2c(N)ncnc21)Oc1ccc(OC(=O)CCCCCCCCCCN=[N+]=[N-])cc1. The Hall–Kier alpha value is -4.23. The molecule has 0 radical (unpaired) electrons. The van der Waals surface area contributed by atoms with E-state index in [2.05, 4.69) is 30.1 Å². The highest BCUT2D eigenvalue weighted by molar-refractivity contribution is 7.57. The minimum atomic E-state index is -3.86. The Morgan fingerprint density at radius 1 is 0.980 bits per heavy atom. The van der Waals surface area contributed by atoms with E-state index in [9.17, 15) is 14.2 Å². The van der Waals surface area contributed by atoms with E-state index in [1.54, 1.807) is 49.0 Å². The van der Waals surface area contributed by atoms with E-state index in [1.165, 1.54) is 6.33 Å². The number of unbranched alkanes of at least 4 members (excludes halogenated alkanes) is 7. The first-order valence-corrected chi connectivity index (χ1v) is 19.5. The van der Waals surface area contributed by atoms with Crippen LogP contribution in [0.3, 0.4) is 0 Å². The maximum Gasteiger partial charge on any atom is 0.342 e. The molecule has 0 amide bonds. The summed E-state index contributed by atoms with van der Waals surface area (Å²) in [6.07, 6.45) is 11.7. The number of carbonyl (C=O) groups excluding carboxylic acids is 2. The molecule has 4 atom stereocenters. The van der Waals surface area contributed by atoms with Gasteiger partial charge >= 0.3 is 19.5 Å². The van der Waals surface area contributed by atoms with Gasteiger partial charge in [0.05, 0.1) is 25.1 Å². The van der Waals surface area contributed by atoms with Crippen molar-refractivity contribution in [1.82, 2.24) is 24.6 Å². The Morgan fingerprint density at radius 2 is 1.65 bits per heavy atom. The first-order valence-electron chi connectivity index (χ1n) is 17.6. The molecule has 280 valence electrons. The Morgan fingerprint density at radius 3 is 2.33 bits per heavy atom. The number of carbonyl (C=O) groups is 2. The molecule has 0 aliphatic heterocycles. The molecule has 1 aromatic carbocycles. The number of hydrogen-bond donors (Lipinski definition) is 2. The number of aromatic nitrogens is 4. The summed E-state index contributed by atoms with van der Waals surface area (Å²) in [5, 5.41) is 6.36. The largest absolute Gasteiger partial charge is 0.462 e. The van der Waals surface area contributed by atoms with Crippen LogP contribution in [0.5, 0.6) is 11.5 Å². The number of imidazole rings is 1. The number of esters is 2. The van der Waals surface area contributed by atoms with Gasteiger partial charge in [0.15, 0.2) is 11.5 Å². The van der Waals surface area contributed by atoms with Gasteiger partial charge in [-0.05, 0) is 69.8 Å². The van der Waals surface area contributed by atoms with Crippen LogP contribution in [-0.4, -0.2) is 62.6 Å². The van der Waals surface area contributed by atoms with E-state index >= 15 is 0 Å². The number of hydrogen-bond acceptors (Lipinski definition) is 12. The third kappa shape index (κ3) is 14.9. The summed E-state index contributed by atoms with van der Waals surface area (Å²) in [7, 11) is -3.86. The number of anilines is 1. The van der Waals surface area contributed by atoms with Crippen molar-refractivity contribution >= 4 is 36.4 Å². The average Bonchev–Trinajstić information content (AvgIpc) is 3.51. The summed E-state index contributed by atoms with van der Waals surface area (Å²) >= 11 is 0. The first kappa shape index (κ1) is 41.2. The van der Waals surface area contributed by atoms with Gasteiger partial charge in [-0.2, -0.15) is 0 Å². The number of fused-ring (bicyclic) bond motifs is 1. The first-order chi connectivity index (χ1) is 24.5. The van der Waals surface area contributed by atoms with Crippen molar-refractivity contribution in [3.05, 3.63) is 47.4 Å². The number of rotatable bonds is 25. The van der Waals surface area contributed by atoms with E-state index in [0.717, 1.165) is 57.8 Å². The van der Waals surface area contributed by atoms with Crippen LogP contribution in [-0.2, 0) is 30.2 Å². The minimum absolute atomic E-state index is 0.229. The van der Waals surface area contributed by atoms with Gasteiger partial charge in [-0.15, -0.1) is 0 Å². The molecule has 0 bridgehead atoms. The lowest BCUT2D eigenvalue weighted by Gasteiger charge is -2.25. The normalized spacial score (nSPS) is 14.2. The van der Waals surface area contributed by atoms with Crippen molar-refractivity contribution in [3.8, 4) is 11.5 Å². The molecule has 51 heavy (non-hydrogen) atoms. The second-order valence-electron chi connectivity index (χ2n) is 12.6. The highest BCUT2D eigenvalue weighted by atomic mass is 31.2. The molecule has 1 unspecified atom stereocenters. The highest BCUT2D eigenvalue weighted by Gasteiger charge is 2.32. The number of nitrogens with two attached hydrogens (primary N) is 1. The van der Waals surface area contributed by atoms with Crippen molar-refractivity contribution in [2.45, 2.75) is 123 Å². The van der Waals surface area contributed by atoms with Gasteiger partial charge in [-0.1, -0.05) is 57.0 Å². The van der Waals surface area contributed by atoms with Gasteiger partial charge in [0.1, 0.15) is 35.7 Å². The number of nitrogen functional groups attached to an aromatic ring is 1. The van der Waals surface area contributed by atoms with Crippen molar-refractivity contribution in [2.75, 3.05) is 18.6 Å². The lowest BCUT2D eigenvalue weighted by atomic mass is 10.1. The minimum Gasteiger partial charge on any atom is -0.462 e. The Labute approximate surface area is 299 Å². The molecular weight excluding hydrogens is 677 g/mol. The van der Waals surface area contributed by atoms with Crippen LogP contribution in [0.15, 0.2) is 42.0 Å². The summed E-state index contributed by atoms with van der Waals surface area (Å²) in [4.78, 5) is 40.5. The van der Waals surface area contributed by atoms with E-state index in [4.69, 9.17) is 30.0 Å². The molecule has 3 aromatic rings. The molecule has 0 fully saturated rings. The summed E-state index contributed by atoms with van der Waals surface area (Å²) in [6, 6.07) is 5.25. The van der Waals surface area contributed by atoms with Gasteiger partial charge in [-0.3, -0.25) is 14.2 Å². The molecule has 3 rings (SSSR count). The van der Waals surface area contributed by atoms with Gasteiger partial charge < -0.3 is 29.0 Å². The summed E-state index contributed by atoms with van der Waals surface area (Å²) in [5.41, 5.74) is 15.2. The Balaban J connectivity index is 1.54. The third-order valence-electron chi connectivity index (χ3n) is 7.93. The molecule has 16 nitrogen and oxygen atoms in total. The van der Waals surface area contributed by atoms with Crippen LogP contribution < -0.4 is 20.1 Å². The second kappa shape index (κ2) is 21.9. The van der Waals surface area contributed by atoms with E-state index in [1.807, 2.05) is 13.8 Å². The predicted molar refractivity (Wildman–Crippen MR) is 194 cm³/mol. The van der Waals surface area contributed by atoms with Crippen molar-refractivity contribution in [1.29, 1.82) is 0 Å². The van der Waals surface area contributed by atoms with Gasteiger partial charge in [0.25, 0.3) is 0 Å². The molecule has 0 spiro atoms. The van der Waals surface area contributed by atoms with Crippen LogP contribution in [0.2, 0.25) is 0 Å². The third-order valence-corrected chi connectivity index (χ3v) is 9.70. The smallest absolute Gasteiger partial charge is 0.342 e. The molecule has 0 saturated carbocycles. The fraction of sp³-hybridized carbons (Fsp3) is 0.618. The zero-order valence-electron chi connectivity index (χ0n) is 30.1. The highest BCUT2D eigenvalue weighted by Crippen LogP contribution is 2.44. The predicted octanol–water partition coefficient (Wildman–Crippen LogP) is 7.48. The maximum absolute atomic E-state index is 14.2. The lowest BCUT2D eigenvalue weighted by Crippen LogP contribution is -2.37. The number of azide groups is 1. The topological polar surface area (TPSA) is 219 Å². The fourth-order valence-electron chi connectivity index (χ4n) is 5.27.